The Balaban J connectivity index is 1.47. The summed E-state index contributed by atoms with van der Waals surface area (Å²) in [4.78, 5) is 6.77. The lowest BCUT2D eigenvalue weighted by molar-refractivity contribution is -0.169. The number of nitrogens with zero attached hydrogens (tertiary/aromatic N) is 4. The van der Waals surface area contributed by atoms with Gasteiger partial charge in [-0.15, -0.1) is 5.10 Å². The van der Waals surface area contributed by atoms with Crippen molar-refractivity contribution in [3.8, 4) is 0 Å². The third kappa shape index (κ3) is 3.29. The highest BCUT2D eigenvalue weighted by Crippen LogP contribution is 2.32. The highest BCUT2D eigenvalue weighted by atomic mass is 16.7. The van der Waals surface area contributed by atoms with E-state index in [1.807, 2.05) is 12.1 Å². The quantitative estimate of drug-likeness (QED) is 0.920. The fourth-order valence-electron chi connectivity index (χ4n) is 3.35. The maximum absolute atomic E-state index is 5.78. The average molecular weight is 341 g/mol. The highest BCUT2D eigenvalue weighted by Gasteiger charge is 2.40. The first-order valence-corrected chi connectivity index (χ1v) is 8.71. The van der Waals surface area contributed by atoms with Crippen LogP contribution in [0.2, 0.25) is 0 Å². The molecule has 0 atom stereocenters. The zero-order valence-electron chi connectivity index (χ0n) is 14.7. The molecule has 3 heterocycles. The molecule has 1 spiro atoms. The van der Waals surface area contributed by atoms with Crippen molar-refractivity contribution in [1.82, 2.24) is 15.2 Å². The Bertz CT molecular complexity index is 751. The molecule has 2 aromatic rings. The topological polar surface area (TPSA) is 72.4 Å². The molecule has 0 amide bonds. The number of aromatic nitrogens is 3. The van der Waals surface area contributed by atoms with E-state index in [4.69, 9.17) is 9.47 Å². The van der Waals surface area contributed by atoms with Crippen LogP contribution in [0.4, 0.5) is 17.5 Å². The van der Waals surface area contributed by atoms with Crippen LogP contribution in [0.1, 0.15) is 24.0 Å². The first kappa shape index (κ1) is 16.2. The highest BCUT2D eigenvalue weighted by molar-refractivity contribution is 5.62. The van der Waals surface area contributed by atoms with E-state index in [0.717, 1.165) is 31.6 Å². The number of ether oxygens (including phenoxy) is 2. The number of piperidine rings is 1. The van der Waals surface area contributed by atoms with Crippen LogP contribution in [0.25, 0.3) is 0 Å². The van der Waals surface area contributed by atoms with Crippen molar-refractivity contribution >= 4 is 17.5 Å². The molecule has 132 valence electrons. The van der Waals surface area contributed by atoms with Crippen LogP contribution in [-0.2, 0) is 9.47 Å². The van der Waals surface area contributed by atoms with Gasteiger partial charge >= 0.3 is 0 Å². The zero-order valence-corrected chi connectivity index (χ0v) is 14.7. The molecule has 0 bridgehead atoms. The van der Waals surface area contributed by atoms with Gasteiger partial charge in [-0.3, -0.25) is 0 Å². The second-order valence-corrected chi connectivity index (χ2v) is 6.61. The summed E-state index contributed by atoms with van der Waals surface area (Å²) in [6, 6.07) is 6.18. The van der Waals surface area contributed by atoms with Gasteiger partial charge in [0.2, 0.25) is 5.95 Å². The standard InChI is InChI=1S/C18H23N5O2/c1-13-4-3-5-15(14(13)2)20-16-12-19-22-17(21-16)23-8-6-18(7-9-23)24-10-11-25-18/h3-5,12H,6-11H2,1-2H3,(H,20,21,22). The fourth-order valence-corrected chi connectivity index (χ4v) is 3.35. The van der Waals surface area contributed by atoms with Gasteiger partial charge in [0.15, 0.2) is 11.6 Å². The number of aryl methyl sites for hydroxylation is 1. The molecule has 1 aromatic heterocycles. The first-order chi connectivity index (χ1) is 12.2. The maximum atomic E-state index is 5.78. The average Bonchev–Trinajstić information content (AvgIpc) is 3.08. The summed E-state index contributed by atoms with van der Waals surface area (Å²) in [5.41, 5.74) is 3.49. The van der Waals surface area contributed by atoms with Crippen molar-refractivity contribution in [1.29, 1.82) is 0 Å². The molecule has 2 saturated heterocycles. The van der Waals surface area contributed by atoms with Crippen LogP contribution < -0.4 is 10.2 Å². The van der Waals surface area contributed by atoms with Gasteiger partial charge < -0.3 is 19.7 Å². The van der Waals surface area contributed by atoms with E-state index in [1.54, 1.807) is 6.20 Å². The van der Waals surface area contributed by atoms with Gasteiger partial charge in [0.1, 0.15) is 0 Å². The molecule has 0 aliphatic carbocycles. The van der Waals surface area contributed by atoms with Crippen LogP contribution in [0.15, 0.2) is 24.4 Å². The van der Waals surface area contributed by atoms with E-state index in [2.05, 4.69) is 45.3 Å². The minimum Gasteiger partial charge on any atom is -0.347 e. The summed E-state index contributed by atoms with van der Waals surface area (Å²) in [6.45, 7) is 7.17. The summed E-state index contributed by atoms with van der Waals surface area (Å²) in [5.74, 6) is 0.953. The minimum atomic E-state index is -0.390. The summed E-state index contributed by atoms with van der Waals surface area (Å²) in [6.07, 6.45) is 3.30. The van der Waals surface area contributed by atoms with Crippen molar-refractivity contribution in [2.45, 2.75) is 32.5 Å². The van der Waals surface area contributed by atoms with E-state index < -0.39 is 5.79 Å². The molecule has 0 radical (unpaired) electrons. The van der Waals surface area contributed by atoms with E-state index in [-0.39, 0.29) is 0 Å². The zero-order chi connectivity index (χ0) is 17.3. The van der Waals surface area contributed by atoms with Crippen LogP contribution in [-0.4, -0.2) is 47.3 Å². The molecule has 7 nitrogen and oxygen atoms in total. The van der Waals surface area contributed by atoms with Crippen LogP contribution in [0, 0.1) is 13.8 Å². The summed E-state index contributed by atoms with van der Waals surface area (Å²) in [7, 11) is 0. The van der Waals surface area contributed by atoms with Crippen molar-refractivity contribution in [3.63, 3.8) is 0 Å². The lowest BCUT2D eigenvalue weighted by Gasteiger charge is -2.37. The van der Waals surface area contributed by atoms with Crippen molar-refractivity contribution in [2.75, 3.05) is 36.5 Å². The van der Waals surface area contributed by atoms with E-state index in [0.29, 0.717) is 25.0 Å². The Morgan fingerprint density at radius 3 is 2.64 bits per heavy atom. The number of nitrogens with one attached hydrogen (secondary N) is 1. The Hall–Kier alpha value is -2.25. The number of hydrogen-bond donors (Lipinski definition) is 1. The number of rotatable bonds is 3. The molecule has 2 fully saturated rings. The lowest BCUT2D eigenvalue weighted by atomic mass is 10.0. The van der Waals surface area contributed by atoms with Gasteiger partial charge in [0, 0.05) is 31.6 Å². The molecule has 25 heavy (non-hydrogen) atoms. The maximum Gasteiger partial charge on any atom is 0.247 e. The predicted molar refractivity (Wildman–Crippen MR) is 95.1 cm³/mol. The number of hydrogen-bond acceptors (Lipinski definition) is 7. The molecule has 2 aliphatic rings. The van der Waals surface area contributed by atoms with Crippen molar-refractivity contribution < 1.29 is 9.47 Å². The van der Waals surface area contributed by atoms with Crippen molar-refractivity contribution in [3.05, 3.63) is 35.5 Å². The van der Waals surface area contributed by atoms with Gasteiger partial charge in [0.25, 0.3) is 0 Å². The lowest BCUT2D eigenvalue weighted by Crippen LogP contribution is -2.45. The van der Waals surface area contributed by atoms with Crippen LogP contribution >= 0.6 is 0 Å². The monoisotopic (exact) mass is 341 g/mol. The smallest absolute Gasteiger partial charge is 0.247 e. The fraction of sp³-hybridized carbons (Fsp3) is 0.500. The number of anilines is 3. The Morgan fingerprint density at radius 1 is 1.12 bits per heavy atom. The largest absolute Gasteiger partial charge is 0.347 e. The number of benzene rings is 1. The normalized spacial score (nSPS) is 19.4. The van der Waals surface area contributed by atoms with Gasteiger partial charge in [0.05, 0.1) is 19.4 Å². The first-order valence-electron chi connectivity index (χ1n) is 8.71. The summed E-state index contributed by atoms with van der Waals surface area (Å²) < 4.78 is 11.6. The molecule has 4 rings (SSSR count). The van der Waals surface area contributed by atoms with Crippen molar-refractivity contribution in [2.24, 2.45) is 0 Å². The van der Waals surface area contributed by atoms with Crippen LogP contribution in [0.3, 0.4) is 0 Å². The molecule has 1 N–H and O–H groups in total. The second kappa shape index (κ2) is 6.57. The Labute approximate surface area is 147 Å². The SMILES string of the molecule is Cc1cccc(Nc2cnnc(N3CCC4(CC3)OCCO4)n2)c1C. The molecule has 0 saturated carbocycles. The molecule has 1 aromatic carbocycles. The molecular formula is C18H23N5O2. The Morgan fingerprint density at radius 2 is 1.88 bits per heavy atom. The van der Waals surface area contributed by atoms with E-state index in [9.17, 15) is 0 Å². The Kier molecular flexibility index (Phi) is 4.27. The van der Waals surface area contributed by atoms with Gasteiger partial charge in [-0.25, -0.2) is 0 Å². The summed E-state index contributed by atoms with van der Waals surface area (Å²) >= 11 is 0. The molecule has 2 aliphatic heterocycles. The van der Waals surface area contributed by atoms with Gasteiger partial charge in [-0.05, 0) is 31.0 Å². The molecule has 0 unspecified atom stereocenters. The van der Waals surface area contributed by atoms with Gasteiger partial charge in [-0.2, -0.15) is 10.1 Å². The summed E-state index contributed by atoms with van der Waals surface area (Å²) in [5, 5.41) is 11.7. The third-order valence-corrected chi connectivity index (χ3v) is 5.04. The van der Waals surface area contributed by atoms with Crippen LogP contribution in [0.5, 0.6) is 0 Å². The third-order valence-electron chi connectivity index (χ3n) is 5.04. The molecule has 7 heteroatoms. The second-order valence-electron chi connectivity index (χ2n) is 6.61. The predicted octanol–water partition coefficient (Wildman–Crippen LogP) is 2.58. The minimum absolute atomic E-state index is 0.390. The molecular weight excluding hydrogens is 318 g/mol. The van der Waals surface area contributed by atoms with E-state index in [1.165, 1.54) is 11.1 Å². The van der Waals surface area contributed by atoms with E-state index >= 15 is 0 Å². The van der Waals surface area contributed by atoms with Gasteiger partial charge in [-0.1, -0.05) is 12.1 Å².